The summed E-state index contributed by atoms with van der Waals surface area (Å²) < 4.78 is 6.31. The van der Waals surface area contributed by atoms with Gasteiger partial charge in [-0.05, 0) is 12.1 Å². The average Bonchev–Trinajstić information content (AvgIpc) is 2.76. The molecule has 0 amide bonds. The van der Waals surface area contributed by atoms with Gasteiger partial charge < -0.3 is 4.74 Å². The highest BCUT2D eigenvalue weighted by atomic mass is 35.5. The van der Waals surface area contributed by atoms with E-state index >= 15 is 0 Å². The lowest BCUT2D eigenvalue weighted by Gasteiger charge is -2.20. The monoisotopic (exact) mass is 293 g/mol. The Morgan fingerprint density at radius 1 is 1.35 bits per heavy atom. The second-order valence-corrected chi connectivity index (χ2v) is 5.73. The Balaban J connectivity index is 2.71. The van der Waals surface area contributed by atoms with Gasteiger partial charge in [0.1, 0.15) is 0 Å². The van der Waals surface area contributed by atoms with Crippen LogP contribution in [0.2, 0.25) is 5.02 Å². The summed E-state index contributed by atoms with van der Waals surface area (Å²) in [5.74, 6) is 0.0460. The highest BCUT2D eigenvalue weighted by molar-refractivity contribution is 6.34. The van der Waals surface area contributed by atoms with E-state index in [2.05, 4.69) is 10.1 Å². The molecule has 0 saturated heterocycles. The number of pyridine rings is 1. The molecule has 0 aliphatic carbocycles. The van der Waals surface area contributed by atoms with Crippen LogP contribution in [0.25, 0.3) is 5.82 Å². The fourth-order valence-electron chi connectivity index (χ4n) is 1.92. The molecular formula is C14H16ClN3O2. The predicted octanol–water partition coefficient (Wildman–Crippen LogP) is 3.00. The van der Waals surface area contributed by atoms with Gasteiger partial charge in [0.05, 0.1) is 17.8 Å². The van der Waals surface area contributed by atoms with E-state index in [0.717, 1.165) is 5.69 Å². The summed E-state index contributed by atoms with van der Waals surface area (Å²) in [5.41, 5.74) is 0.524. The summed E-state index contributed by atoms with van der Waals surface area (Å²) in [6, 6.07) is 5.47. The van der Waals surface area contributed by atoms with Gasteiger partial charge in [0.15, 0.2) is 11.5 Å². The van der Waals surface area contributed by atoms with Crippen LogP contribution in [0.3, 0.4) is 0 Å². The van der Waals surface area contributed by atoms with Crippen molar-refractivity contribution in [2.45, 2.75) is 26.2 Å². The maximum Gasteiger partial charge on any atom is 0.360 e. The number of esters is 1. The number of carbonyl (C=O) groups is 1. The number of carbonyl (C=O) groups excluding carboxylic acids is 1. The van der Waals surface area contributed by atoms with Gasteiger partial charge in [-0.2, -0.15) is 5.10 Å². The van der Waals surface area contributed by atoms with Crippen molar-refractivity contribution in [1.29, 1.82) is 0 Å². The van der Waals surface area contributed by atoms with Gasteiger partial charge in [-0.1, -0.05) is 38.4 Å². The van der Waals surface area contributed by atoms with Crippen molar-refractivity contribution >= 4 is 17.6 Å². The molecule has 6 heteroatoms. The van der Waals surface area contributed by atoms with E-state index in [9.17, 15) is 4.79 Å². The van der Waals surface area contributed by atoms with Crippen molar-refractivity contribution in [2.75, 3.05) is 7.11 Å². The van der Waals surface area contributed by atoms with Crippen LogP contribution >= 0.6 is 11.6 Å². The Hall–Kier alpha value is -1.88. The van der Waals surface area contributed by atoms with E-state index in [4.69, 9.17) is 16.3 Å². The Kier molecular flexibility index (Phi) is 3.81. The lowest BCUT2D eigenvalue weighted by molar-refractivity contribution is 0.0593. The zero-order valence-electron chi connectivity index (χ0n) is 11.8. The maximum absolute atomic E-state index is 11.8. The normalized spacial score (nSPS) is 11.4. The number of ether oxygens (including phenoxy) is 1. The number of nitrogens with zero attached hydrogens (tertiary/aromatic N) is 3. The fourth-order valence-corrected chi connectivity index (χ4v) is 2.40. The van der Waals surface area contributed by atoms with Crippen LogP contribution in [0.15, 0.2) is 24.4 Å². The van der Waals surface area contributed by atoms with Gasteiger partial charge in [0.25, 0.3) is 0 Å². The first-order valence-electron chi connectivity index (χ1n) is 6.15. The Bertz CT molecular complexity index is 630. The van der Waals surface area contributed by atoms with E-state index in [-0.39, 0.29) is 11.1 Å². The molecule has 0 spiro atoms. The Morgan fingerprint density at radius 3 is 2.55 bits per heavy atom. The summed E-state index contributed by atoms with van der Waals surface area (Å²) in [5, 5.41) is 4.57. The third-order valence-electron chi connectivity index (χ3n) is 2.78. The topological polar surface area (TPSA) is 57.0 Å². The van der Waals surface area contributed by atoms with Crippen LogP contribution in [0, 0.1) is 0 Å². The van der Waals surface area contributed by atoms with Crippen molar-refractivity contribution in [2.24, 2.45) is 0 Å². The summed E-state index contributed by atoms with van der Waals surface area (Å²) in [4.78, 5) is 16.0. The molecule has 0 N–H and O–H groups in total. The molecule has 2 rings (SSSR count). The highest BCUT2D eigenvalue weighted by Crippen LogP contribution is 2.33. The largest absolute Gasteiger partial charge is 0.464 e. The molecule has 5 nitrogen and oxygen atoms in total. The molecular weight excluding hydrogens is 278 g/mol. The van der Waals surface area contributed by atoms with Crippen LogP contribution in [0.5, 0.6) is 0 Å². The molecule has 0 radical (unpaired) electrons. The molecule has 0 saturated carbocycles. The van der Waals surface area contributed by atoms with Crippen LogP contribution in [-0.2, 0) is 10.2 Å². The van der Waals surface area contributed by atoms with E-state index in [1.807, 2.05) is 32.9 Å². The second-order valence-electron chi connectivity index (χ2n) is 5.35. The maximum atomic E-state index is 11.8. The van der Waals surface area contributed by atoms with Crippen LogP contribution in [0.4, 0.5) is 0 Å². The molecule has 0 aromatic carbocycles. The van der Waals surface area contributed by atoms with Gasteiger partial charge in [-0.25, -0.2) is 14.5 Å². The van der Waals surface area contributed by atoms with Crippen molar-refractivity contribution in [3.05, 3.63) is 40.8 Å². The smallest absolute Gasteiger partial charge is 0.360 e. The van der Waals surface area contributed by atoms with E-state index in [0.29, 0.717) is 10.8 Å². The van der Waals surface area contributed by atoms with Crippen molar-refractivity contribution in [3.8, 4) is 5.82 Å². The molecule has 2 heterocycles. The fraction of sp³-hybridized carbons (Fsp3) is 0.357. The third-order valence-corrected chi connectivity index (χ3v) is 3.14. The minimum absolute atomic E-state index is 0.102. The molecule has 0 fully saturated rings. The summed E-state index contributed by atoms with van der Waals surface area (Å²) >= 11 is 6.33. The van der Waals surface area contributed by atoms with Crippen LogP contribution in [0.1, 0.15) is 37.0 Å². The van der Waals surface area contributed by atoms with Gasteiger partial charge in [0.2, 0.25) is 0 Å². The van der Waals surface area contributed by atoms with E-state index in [1.165, 1.54) is 7.11 Å². The molecule has 106 valence electrons. The van der Waals surface area contributed by atoms with Crippen molar-refractivity contribution in [3.63, 3.8) is 0 Å². The minimum atomic E-state index is -0.560. The standard InChI is InChI=1S/C14H16ClN3O2/c1-14(2,3)12-10(15)11(13(19)20-4)17-18(12)9-7-5-6-8-16-9/h5-8H,1-4H3. The highest BCUT2D eigenvalue weighted by Gasteiger charge is 2.30. The number of hydrogen-bond donors (Lipinski definition) is 0. The average molecular weight is 294 g/mol. The number of aromatic nitrogens is 3. The van der Waals surface area contributed by atoms with Gasteiger partial charge in [-0.15, -0.1) is 0 Å². The number of rotatable bonds is 2. The van der Waals surface area contributed by atoms with Crippen molar-refractivity contribution in [1.82, 2.24) is 14.8 Å². The first-order valence-corrected chi connectivity index (χ1v) is 6.52. The van der Waals surface area contributed by atoms with Crippen molar-refractivity contribution < 1.29 is 9.53 Å². The number of hydrogen-bond acceptors (Lipinski definition) is 4. The van der Waals surface area contributed by atoms with E-state index in [1.54, 1.807) is 16.9 Å². The summed E-state index contributed by atoms with van der Waals surface area (Å²) in [7, 11) is 1.30. The molecule has 2 aromatic rings. The molecule has 0 aliphatic rings. The quantitative estimate of drug-likeness (QED) is 0.799. The molecule has 2 aromatic heterocycles. The lowest BCUT2D eigenvalue weighted by Crippen LogP contribution is -2.18. The summed E-state index contributed by atoms with van der Waals surface area (Å²) in [6.45, 7) is 5.99. The lowest BCUT2D eigenvalue weighted by atomic mass is 9.91. The molecule has 20 heavy (non-hydrogen) atoms. The van der Waals surface area contributed by atoms with Gasteiger partial charge in [0, 0.05) is 11.6 Å². The first-order chi connectivity index (χ1) is 9.36. The third kappa shape index (κ3) is 2.54. The van der Waals surface area contributed by atoms with Crippen LogP contribution < -0.4 is 0 Å². The predicted molar refractivity (Wildman–Crippen MR) is 76.4 cm³/mol. The van der Waals surface area contributed by atoms with Crippen LogP contribution in [-0.4, -0.2) is 27.8 Å². The number of methoxy groups -OCH3 is 1. The van der Waals surface area contributed by atoms with E-state index < -0.39 is 5.97 Å². The molecule has 0 atom stereocenters. The van der Waals surface area contributed by atoms with Gasteiger partial charge >= 0.3 is 5.97 Å². The second kappa shape index (κ2) is 5.25. The molecule has 0 bridgehead atoms. The Labute approximate surface area is 122 Å². The molecule has 0 aliphatic heterocycles. The zero-order valence-corrected chi connectivity index (χ0v) is 12.6. The number of halogens is 1. The minimum Gasteiger partial charge on any atom is -0.464 e. The van der Waals surface area contributed by atoms with Gasteiger partial charge in [-0.3, -0.25) is 0 Å². The Morgan fingerprint density at radius 2 is 2.05 bits per heavy atom. The SMILES string of the molecule is COC(=O)c1nn(-c2ccccn2)c(C(C)(C)C)c1Cl. The molecule has 0 unspecified atom stereocenters. The first kappa shape index (κ1) is 14.5. The summed E-state index contributed by atoms with van der Waals surface area (Å²) in [6.07, 6.45) is 1.66. The zero-order chi connectivity index (χ0) is 14.9.